The number of fused-ring (bicyclic) bond motifs is 12. The van der Waals surface area contributed by atoms with Crippen molar-refractivity contribution in [3.63, 3.8) is 0 Å². The average molecular weight is 1410 g/mol. The van der Waals surface area contributed by atoms with Gasteiger partial charge in [0.25, 0.3) is 0 Å². The standard InChI is InChI=1S/C48H34N4.C33H21ClN4.C15H15BO2/c1-48(2)41-21-13-12-20-37(41)38-25-22-34(29-42(38)48)33-24-27-43-40(28-33)39-26-23-35(30-44(39)52(43)36-18-10-5-11-19-36)47-50-45(31-14-6-3-7-15-31)49-46(51-47)32-16-8-4-9-17-32;34-25-17-19-29-28(21-25)27-18-16-24(20-30(27)38(29)26-14-8-3-9-15-26)33-36-31(22-10-4-1-5-11-22)35-32(37-33)23-12-6-2-7-13-23;1-15(2)13-6-4-3-5-11(13)12-8-7-10(16(17)18)9-14(12)15/h3-30H,1-2H3;1-21H;3-9,17-18H,1-2H3. The monoisotopic (exact) mass is 1410 g/mol. The van der Waals surface area contributed by atoms with Crippen LogP contribution >= 0.6 is 11.6 Å². The van der Waals surface area contributed by atoms with Gasteiger partial charge in [-0.1, -0.05) is 306 Å². The van der Waals surface area contributed by atoms with Crippen molar-refractivity contribution in [1.29, 1.82) is 0 Å². The van der Waals surface area contributed by atoms with Gasteiger partial charge >= 0.3 is 7.12 Å². The molecule has 10 nitrogen and oxygen atoms in total. The highest BCUT2D eigenvalue weighted by molar-refractivity contribution is 6.58. The van der Waals surface area contributed by atoms with Crippen LogP contribution in [0.1, 0.15) is 49.9 Å². The smallest absolute Gasteiger partial charge is 0.423 e. The molecule has 2 N–H and O–H groups in total. The predicted molar refractivity (Wildman–Crippen MR) is 443 cm³/mol. The first-order valence-electron chi connectivity index (χ1n) is 36.3. The molecule has 20 rings (SSSR count). The summed E-state index contributed by atoms with van der Waals surface area (Å²) in [7, 11) is -1.41. The minimum atomic E-state index is -1.41. The number of halogens is 1. The number of hydrogen-bond acceptors (Lipinski definition) is 8. The molecule has 0 spiro atoms. The Bertz CT molecular complexity index is 6350. The Morgan fingerprint density at radius 2 is 0.583 bits per heavy atom. The molecule has 0 atom stereocenters. The Labute approximate surface area is 631 Å². The van der Waals surface area contributed by atoms with E-state index in [-0.39, 0.29) is 10.8 Å². The molecule has 12 heteroatoms. The lowest BCUT2D eigenvalue weighted by atomic mass is 9.75. The molecule has 2 aliphatic rings. The van der Waals surface area contributed by atoms with Crippen LogP contribution in [0.15, 0.2) is 340 Å². The number of rotatable bonds is 10. The van der Waals surface area contributed by atoms with E-state index < -0.39 is 7.12 Å². The van der Waals surface area contributed by atoms with Crippen LogP contribution < -0.4 is 5.46 Å². The van der Waals surface area contributed by atoms with Gasteiger partial charge in [0.1, 0.15) is 0 Å². The van der Waals surface area contributed by atoms with E-state index in [2.05, 4.69) is 207 Å². The zero-order chi connectivity index (χ0) is 73.2. The van der Waals surface area contributed by atoms with E-state index in [4.69, 9.17) is 41.5 Å². The van der Waals surface area contributed by atoms with Crippen molar-refractivity contribution in [3.8, 4) is 113 Å². The average Bonchev–Trinajstić information content (AvgIpc) is 1.59. The van der Waals surface area contributed by atoms with Crippen LogP contribution in [0.3, 0.4) is 0 Å². The number of hydrogen-bond donors (Lipinski definition) is 2. The maximum absolute atomic E-state index is 9.30. The second-order valence-corrected chi connectivity index (χ2v) is 29.0. The van der Waals surface area contributed by atoms with Gasteiger partial charge in [0.15, 0.2) is 34.9 Å². The van der Waals surface area contributed by atoms with Crippen molar-refractivity contribution in [2.24, 2.45) is 0 Å². The Morgan fingerprint density at radius 3 is 1.01 bits per heavy atom. The molecule has 4 aromatic heterocycles. The Hall–Kier alpha value is -13.0. The lowest BCUT2D eigenvalue weighted by Crippen LogP contribution is -2.31. The minimum Gasteiger partial charge on any atom is -0.423 e. The third-order valence-electron chi connectivity index (χ3n) is 21.3. The van der Waals surface area contributed by atoms with Gasteiger partial charge in [-0.3, -0.25) is 0 Å². The quantitative estimate of drug-likeness (QED) is 0.130. The van der Waals surface area contributed by atoms with Gasteiger partial charge in [0.2, 0.25) is 0 Å². The molecule has 0 fully saturated rings. The third-order valence-corrected chi connectivity index (χ3v) is 21.5. The van der Waals surface area contributed by atoms with Crippen molar-refractivity contribution in [1.82, 2.24) is 39.0 Å². The Kier molecular flexibility index (Phi) is 17.0. The van der Waals surface area contributed by atoms with E-state index in [1.54, 1.807) is 6.07 Å². The molecule has 0 unspecified atom stereocenters. The first kappa shape index (κ1) is 66.9. The molecule has 0 bridgehead atoms. The maximum Gasteiger partial charge on any atom is 0.488 e. The van der Waals surface area contributed by atoms with E-state index in [0.29, 0.717) is 45.4 Å². The molecular formula is C96H70BClN8O2. The summed E-state index contributed by atoms with van der Waals surface area (Å²) in [6.45, 7) is 9.03. The van der Waals surface area contributed by atoms with Gasteiger partial charge in [-0.05, 0) is 134 Å². The second kappa shape index (κ2) is 27.5. The van der Waals surface area contributed by atoms with Gasteiger partial charge in [0, 0.05) is 82.2 Å². The lowest BCUT2D eigenvalue weighted by Gasteiger charge is -2.22. The molecule has 0 saturated carbocycles. The number of benzene rings is 14. The van der Waals surface area contributed by atoms with Crippen LogP contribution in [0.5, 0.6) is 0 Å². The summed E-state index contributed by atoms with van der Waals surface area (Å²) < 4.78 is 4.62. The largest absolute Gasteiger partial charge is 0.488 e. The van der Waals surface area contributed by atoms with E-state index in [0.717, 1.165) is 83.2 Å². The van der Waals surface area contributed by atoms with Gasteiger partial charge < -0.3 is 19.2 Å². The highest BCUT2D eigenvalue weighted by Crippen LogP contribution is 2.51. The van der Waals surface area contributed by atoms with E-state index >= 15 is 0 Å². The molecule has 108 heavy (non-hydrogen) atoms. The number of aromatic nitrogens is 8. The van der Waals surface area contributed by atoms with Crippen molar-refractivity contribution >= 4 is 67.8 Å². The van der Waals surface area contributed by atoms with Crippen molar-refractivity contribution < 1.29 is 10.0 Å². The summed E-state index contributed by atoms with van der Waals surface area (Å²) in [6.07, 6.45) is 0. The van der Waals surface area contributed by atoms with E-state index in [9.17, 15) is 10.0 Å². The molecule has 0 saturated heterocycles. The van der Waals surface area contributed by atoms with Crippen LogP contribution in [0.4, 0.5) is 0 Å². The van der Waals surface area contributed by atoms with Gasteiger partial charge in [-0.15, -0.1) is 0 Å². The summed E-state index contributed by atoms with van der Waals surface area (Å²) in [6, 6.07) is 117. The maximum atomic E-state index is 9.30. The molecular weight excluding hydrogens is 1340 g/mol. The van der Waals surface area contributed by atoms with Gasteiger partial charge in [0.05, 0.1) is 22.1 Å². The van der Waals surface area contributed by atoms with Crippen LogP contribution in [0, 0.1) is 0 Å². The molecule has 0 amide bonds. The fourth-order valence-corrected chi connectivity index (χ4v) is 16.0. The summed E-state index contributed by atoms with van der Waals surface area (Å²) in [5.41, 5.74) is 25.4. The Balaban J connectivity index is 0.000000128. The molecule has 14 aromatic carbocycles. The molecule has 18 aromatic rings. The second-order valence-electron chi connectivity index (χ2n) is 28.6. The van der Waals surface area contributed by atoms with Crippen LogP contribution in [0.2, 0.25) is 5.02 Å². The first-order chi connectivity index (χ1) is 52.8. The zero-order valence-electron chi connectivity index (χ0n) is 59.8. The first-order valence-corrected chi connectivity index (χ1v) is 36.7. The highest BCUT2D eigenvalue weighted by atomic mass is 35.5. The van der Waals surface area contributed by atoms with E-state index in [1.165, 1.54) is 60.8 Å². The summed E-state index contributed by atoms with van der Waals surface area (Å²) in [5, 5.41) is 23.9. The topological polar surface area (TPSA) is 128 Å². The third kappa shape index (κ3) is 12.1. The molecule has 2 aliphatic carbocycles. The minimum absolute atomic E-state index is 0.0540. The van der Waals surface area contributed by atoms with Gasteiger partial charge in [-0.25, -0.2) is 29.9 Å². The van der Waals surface area contributed by atoms with Crippen molar-refractivity contribution in [3.05, 3.63) is 367 Å². The van der Waals surface area contributed by atoms with Crippen LogP contribution in [-0.4, -0.2) is 56.2 Å². The predicted octanol–water partition coefficient (Wildman–Crippen LogP) is 22.2. The normalized spacial score (nSPS) is 12.7. The summed E-state index contributed by atoms with van der Waals surface area (Å²) in [5.74, 6) is 3.86. The molecule has 4 heterocycles. The fourth-order valence-electron chi connectivity index (χ4n) is 15.8. The van der Waals surface area contributed by atoms with Crippen LogP contribution in [-0.2, 0) is 10.8 Å². The van der Waals surface area contributed by atoms with Gasteiger partial charge in [-0.2, -0.15) is 0 Å². The molecule has 516 valence electrons. The fraction of sp³-hybridized carbons (Fsp3) is 0.0625. The molecule has 0 radical (unpaired) electrons. The van der Waals surface area contributed by atoms with Crippen molar-refractivity contribution in [2.75, 3.05) is 0 Å². The van der Waals surface area contributed by atoms with E-state index in [1.807, 2.05) is 164 Å². The Morgan fingerprint density at radius 1 is 0.259 bits per heavy atom. The zero-order valence-corrected chi connectivity index (χ0v) is 60.5. The lowest BCUT2D eigenvalue weighted by molar-refractivity contribution is 0.425. The molecule has 0 aliphatic heterocycles. The van der Waals surface area contributed by atoms with Crippen LogP contribution in [0.25, 0.3) is 157 Å². The summed E-state index contributed by atoms with van der Waals surface area (Å²) >= 11 is 6.42. The highest BCUT2D eigenvalue weighted by Gasteiger charge is 2.37. The summed E-state index contributed by atoms with van der Waals surface area (Å²) in [4.78, 5) is 29.7. The number of nitrogens with zero attached hydrogens (tertiary/aromatic N) is 8. The number of para-hydroxylation sites is 2. The van der Waals surface area contributed by atoms with Crippen molar-refractivity contribution in [2.45, 2.75) is 38.5 Å². The SMILES string of the molecule is CC1(C)c2ccccc2-c2ccc(-c3ccc4c(c3)c3ccc(-c5nc(-c6ccccc6)nc(-c6ccccc6)n5)cc3n4-c3ccccc3)cc21.CC1(C)c2ccccc2-c2ccc(B(O)O)cc21.Clc1ccc2c(c1)c1ccc(-c3nc(-c4ccccc4)nc(-c4ccccc4)n3)cc1n2-c1ccccc1.